The lowest BCUT2D eigenvalue weighted by Gasteiger charge is -2.19. The number of fused-ring (bicyclic) bond motifs is 3. The van der Waals surface area contributed by atoms with Crippen molar-refractivity contribution in [3.63, 3.8) is 0 Å². The maximum atomic E-state index is 12.8. The molecular formula is C61H97N5O23. The van der Waals surface area contributed by atoms with Crippen LogP contribution in [0, 0.1) is 0 Å². The van der Waals surface area contributed by atoms with Crippen molar-refractivity contribution in [2.75, 3.05) is 192 Å². The average molecular weight is 1270 g/mol. The zero-order chi connectivity index (χ0) is 64.4. The summed E-state index contributed by atoms with van der Waals surface area (Å²) >= 11 is 0. The number of hydrogen-bond donors (Lipinski definition) is 6. The number of hydrogen-bond acceptors (Lipinski definition) is 22. The van der Waals surface area contributed by atoms with Crippen LogP contribution in [0.2, 0.25) is 0 Å². The topological polar surface area (TPSA) is 338 Å². The third-order valence-corrected chi connectivity index (χ3v) is 12.6. The summed E-state index contributed by atoms with van der Waals surface area (Å²) in [4.78, 5) is 85.6. The lowest BCUT2D eigenvalue weighted by atomic mass is 9.98. The smallest absolute Gasteiger partial charge is 0.407 e. The molecule has 28 heteroatoms. The molecule has 3 rings (SSSR count). The lowest BCUT2D eigenvalue weighted by Crippen LogP contribution is -2.48. The van der Waals surface area contributed by atoms with Gasteiger partial charge < -0.3 is 103 Å². The van der Waals surface area contributed by atoms with E-state index in [0.717, 1.165) is 22.3 Å². The van der Waals surface area contributed by atoms with Crippen LogP contribution in [0.3, 0.4) is 0 Å². The summed E-state index contributed by atoms with van der Waals surface area (Å²) in [5.74, 6) is -3.20. The number of carbonyl (C=O) groups excluding carboxylic acids is 6. The van der Waals surface area contributed by atoms with E-state index >= 15 is 0 Å². The first-order valence-corrected chi connectivity index (χ1v) is 30.3. The first kappa shape index (κ1) is 77.1. The molecule has 89 heavy (non-hydrogen) atoms. The Morgan fingerprint density at radius 2 is 0.865 bits per heavy atom. The number of ether oxygens (including phenoxy) is 15. The fraction of sp³-hybridized carbons (Fsp3) is 0.689. The molecular weight excluding hydrogens is 1170 g/mol. The molecule has 0 aliphatic heterocycles. The Morgan fingerprint density at radius 1 is 0.461 bits per heavy atom. The number of aliphatic carboxylic acids is 1. The number of nitrogens with one attached hydrogen (secondary N) is 5. The van der Waals surface area contributed by atoms with Gasteiger partial charge in [-0.1, -0.05) is 48.5 Å². The van der Waals surface area contributed by atoms with Crippen LogP contribution in [0.25, 0.3) is 11.1 Å². The quantitative estimate of drug-likeness (QED) is 0.0315. The summed E-state index contributed by atoms with van der Waals surface area (Å²) in [6, 6.07) is 13.6. The van der Waals surface area contributed by atoms with Gasteiger partial charge in [-0.15, -0.1) is 0 Å². The molecule has 504 valence electrons. The maximum Gasteiger partial charge on any atom is 0.407 e. The van der Waals surface area contributed by atoms with Crippen molar-refractivity contribution in [1.29, 1.82) is 0 Å². The number of carboxylic acids is 1. The molecule has 2 aromatic rings. The van der Waals surface area contributed by atoms with Crippen LogP contribution in [0.1, 0.15) is 76.3 Å². The molecule has 0 saturated carbocycles. The van der Waals surface area contributed by atoms with Crippen molar-refractivity contribution in [2.24, 2.45) is 0 Å². The van der Waals surface area contributed by atoms with E-state index in [4.69, 9.17) is 71.1 Å². The second-order valence-electron chi connectivity index (χ2n) is 20.7. The number of esters is 1. The van der Waals surface area contributed by atoms with Gasteiger partial charge in [0.15, 0.2) is 0 Å². The second-order valence-corrected chi connectivity index (χ2v) is 20.7. The van der Waals surface area contributed by atoms with Gasteiger partial charge >= 0.3 is 24.1 Å². The molecule has 0 spiro atoms. The summed E-state index contributed by atoms with van der Waals surface area (Å²) in [6.45, 7) is 14.1. The van der Waals surface area contributed by atoms with E-state index in [9.17, 15) is 38.7 Å². The molecule has 0 heterocycles. The van der Waals surface area contributed by atoms with Crippen molar-refractivity contribution in [2.45, 2.75) is 82.9 Å². The summed E-state index contributed by atoms with van der Waals surface area (Å²) in [7, 11) is 1.19. The van der Waals surface area contributed by atoms with Crippen molar-refractivity contribution >= 4 is 41.8 Å². The van der Waals surface area contributed by atoms with Gasteiger partial charge in [-0.3, -0.25) is 19.2 Å². The normalized spacial score (nSPS) is 12.5. The minimum atomic E-state index is -1.16. The third kappa shape index (κ3) is 38.9. The molecule has 0 saturated heterocycles. The number of amides is 5. The van der Waals surface area contributed by atoms with Crippen LogP contribution in [0.4, 0.5) is 9.59 Å². The molecule has 1 unspecified atom stereocenters. The van der Waals surface area contributed by atoms with Crippen LogP contribution in [-0.2, 0) is 95.0 Å². The van der Waals surface area contributed by atoms with Crippen LogP contribution in [-0.4, -0.2) is 257 Å². The van der Waals surface area contributed by atoms with E-state index in [0.29, 0.717) is 145 Å². The molecule has 1 aliphatic carbocycles. The minimum absolute atomic E-state index is 0.0442. The van der Waals surface area contributed by atoms with Gasteiger partial charge in [0.2, 0.25) is 17.7 Å². The first-order chi connectivity index (χ1) is 43.2. The third-order valence-electron chi connectivity index (χ3n) is 12.6. The first-order valence-electron chi connectivity index (χ1n) is 30.3. The number of carbonyl (C=O) groups is 7. The molecule has 0 fully saturated rings. The van der Waals surface area contributed by atoms with Crippen molar-refractivity contribution in [3.8, 4) is 11.1 Å². The van der Waals surface area contributed by atoms with Gasteiger partial charge in [0.25, 0.3) is 0 Å². The van der Waals surface area contributed by atoms with E-state index < -0.39 is 53.6 Å². The summed E-state index contributed by atoms with van der Waals surface area (Å²) in [5.41, 5.74) is 3.77. The van der Waals surface area contributed by atoms with Crippen molar-refractivity contribution in [3.05, 3.63) is 59.7 Å². The number of alkyl carbamates (subject to hydrolysis) is 2. The Balaban J connectivity index is 1.02. The van der Waals surface area contributed by atoms with E-state index in [-0.39, 0.29) is 90.3 Å². The van der Waals surface area contributed by atoms with E-state index in [1.807, 2.05) is 48.5 Å². The Morgan fingerprint density at radius 3 is 1.29 bits per heavy atom. The number of benzene rings is 2. The predicted octanol–water partition coefficient (Wildman–Crippen LogP) is 2.93. The number of methoxy groups -OCH3 is 1. The van der Waals surface area contributed by atoms with Gasteiger partial charge in [-0.05, 0) is 62.3 Å². The Hall–Kier alpha value is -6.15. The zero-order valence-corrected chi connectivity index (χ0v) is 52.3. The van der Waals surface area contributed by atoms with Crippen LogP contribution in [0.5, 0.6) is 0 Å². The standard InChI is InChI=1S/C61H97N5O23/c1-61(2,3)89-59(73)64-20-24-79-28-32-83-36-40-87-44-42-85-38-34-81-30-26-77-22-17-55(68)65-53(45-56(69)75-4)57(70)63-19-23-78-27-31-82-35-39-86-43-41-84-37-33-80-29-25-76-21-16-54(67)62-18-10-9-15-52(58(71)72)66-60(74)88-46-51-49-13-7-5-11-47(49)48-12-6-8-14-50(48)51/h5-8,11-14,51-53H,9-10,15-46H2,1-4H3,(H,62,67)(H,63,70)(H,64,73)(H,65,68)(H,66,74)(H,71,72)/t52?,53-/m0/s1. The lowest BCUT2D eigenvalue weighted by molar-refractivity contribution is -0.143. The molecule has 0 radical (unpaired) electrons. The fourth-order valence-electron chi connectivity index (χ4n) is 8.20. The van der Waals surface area contributed by atoms with Gasteiger partial charge in [0.1, 0.15) is 24.3 Å². The predicted molar refractivity (Wildman–Crippen MR) is 321 cm³/mol. The maximum absolute atomic E-state index is 12.8. The van der Waals surface area contributed by atoms with E-state index in [1.165, 1.54) is 7.11 Å². The van der Waals surface area contributed by atoms with Crippen LogP contribution >= 0.6 is 0 Å². The van der Waals surface area contributed by atoms with Gasteiger partial charge in [0, 0.05) is 38.4 Å². The SMILES string of the molecule is COC(=O)C[C@H](NC(=O)CCOCCOCCOCCOCCOCCOCCNC(=O)OC(C)(C)C)C(=O)NCCOCCOCCOCCOCCOCCOCCC(=O)NCCCCC(NC(=O)OCC1c2ccccc2-c2ccccc21)C(=O)O. The molecule has 6 N–H and O–H groups in total. The monoisotopic (exact) mass is 1270 g/mol. The highest BCUT2D eigenvalue weighted by molar-refractivity contribution is 5.91. The van der Waals surface area contributed by atoms with Crippen LogP contribution < -0.4 is 26.6 Å². The highest BCUT2D eigenvalue weighted by Crippen LogP contribution is 2.44. The fourth-order valence-corrected chi connectivity index (χ4v) is 8.20. The number of carboxylic acid groups (broad SMARTS) is 1. The Bertz CT molecular complexity index is 2230. The summed E-state index contributed by atoms with van der Waals surface area (Å²) in [5, 5.41) is 22.8. The summed E-state index contributed by atoms with van der Waals surface area (Å²) < 4.78 is 81.1. The molecule has 0 aromatic heterocycles. The molecule has 1 aliphatic rings. The Labute approximate surface area is 522 Å². The molecule has 0 bridgehead atoms. The van der Waals surface area contributed by atoms with Gasteiger partial charge in [-0.2, -0.15) is 0 Å². The molecule has 2 atom stereocenters. The average Bonchev–Trinajstić information content (AvgIpc) is 2.19. The van der Waals surface area contributed by atoms with Crippen LogP contribution in [0.15, 0.2) is 48.5 Å². The second kappa shape index (κ2) is 49.6. The molecule has 28 nitrogen and oxygen atoms in total. The number of unbranched alkanes of at least 4 members (excludes halogenated alkanes) is 1. The number of rotatable bonds is 55. The van der Waals surface area contributed by atoms with Crippen molar-refractivity contribution < 1.29 is 110 Å². The highest BCUT2D eigenvalue weighted by Gasteiger charge is 2.30. The summed E-state index contributed by atoms with van der Waals surface area (Å²) in [6.07, 6.45) is -0.347. The molecule has 5 amide bonds. The van der Waals surface area contributed by atoms with Crippen molar-refractivity contribution in [1.82, 2.24) is 26.6 Å². The highest BCUT2D eigenvalue weighted by atomic mass is 16.6. The molecule has 2 aromatic carbocycles. The minimum Gasteiger partial charge on any atom is -0.480 e. The zero-order valence-electron chi connectivity index (χ0n) is 52.3. The Kier molecular flexibility index (Phi) is 43.0. The van der Waals surface area contributed by atoms with Gasteiger partial charge in [0.05, 0.1) is 172 Å². The van der Waals surface area contributed by atoms with E-state index in [1.54, 1.807) is 20.8 Å². The van der Waals surface area contributed by atoms with E-state index in [2.05, 4.69) is 26.6 Å². The largest absolute Gasteiger partial charge is 0.480 e. The van der Waals surface area contributed by atoms with Gasteiger partial charge in [-0.25, -0.2) is 14.4 Å².